The van der Waals surface area contributed by atoms with Gasteiger partial charge in [-0.25, -0.2) is 8.42 Å². The van der Waals surface area contributed by atoms with Gasteiger partial charge in [0.15, 0.2) is 0 Å². The Morgan fingerprint density at radius 2 is 1.61 bits per heavy atom. The molecule has 6 nitrogen and oxygen atoms in total. The van der Waals surface area contributed by atoms with Gasteiger partial charge in [0.05, 0.1) is 21.4 Å². The number of carbonyl (C=O) groups is 1. The van der Waals surface area contributed by atoms with Gasteiger partial charge in [-0.05, 0) is 31.4 Å². The van der Waals surface area contributed by atoms with Gasteiger partial charge in [-0.1, -0.05) is 61.9 Å². The molecule has 0 bridgehead atoms. The Hall–Kier alpha value is -0.860. The molecule has 2 fully saturated rings. The second-order valence-electron chi connectivity index (χ2n) is 8.62. The molecule has 1 aromatic carbocycles. The topological polar surface area (TPSA) is 69.7 Å². The maximum absolute atomic E-state index is 12.9. The number of rotatable bonds is 7. The molecule has 1 aliphatic heterocycles. The summed E-state index contributed by atoms with van der Waals surface area (Å²) in [7, 11) is -3.18. The molecule has 9 heteroatoms. The van der Waals surface area contributed by atoms with E-state index in [1.54, 1.807) is 22.5 Å². The molecule has 2 aliphatic rings. The van der Waals surface area contributed by atoms with Gasteiger partial charge in [0.2, 0.25) is 10.0 Å². The molecule has 0 atom stereocenters. The predicted molar refractivity (Wildman–Crippen MR) is 126 cm³/mol. The van der Waals surface area contributed by atoms with Crippen molar-refractivity contribution in [2.45, 2.75) is 57.4 Å². The zero-order chi connectivity index (χ0) is 22.5. The molecule has 1 saturated heterocycles. The molecule has 0 radical (unpaired) electrons. The molecule has 1 heterocycles. The third-order valence-electron chi connectivity index (χ3n) is 6.57. The molecule has 1 amide bonds. The van der Waals surface area contributed by atoms with E-state index in [1.807, 2.05) is 6.92 Å². The molecular formula is C22H33Cl2N3O3S. The van der Waals surface area contributed by atoms with E-state index in [0.29, 0.717) is 54.8 Å². The average Bonchev–Trinajstić information content (AvgIpc) is 2.99. The number of amides is 1. The first-order valence-corrected chi connectivity index (χ1v) is 13.6. The van der Waals surface area contributed by atoms with Crippen molar-refractivity contribution in [3.05, 3.63) is 33.8 Å². The molecule has 1 aliphatic carbocycles. The summed E-state index contributed by atoms with van der Waals surface area (Å²) in [5.41, 5.74) is 0.144. The van der Waals surface area contributed by atoms with E-state index >= 15 is 0 Å². The number of halogens is 2. The zero-order valence-electron chi connectivity index (χ0n) is 18.2. The lowest BCUT2D eigenvalue weighted by atomic mass is 9.87. The summed E-state index contributed by atoms with van der Waals surface area (Å²) in [6.45, 7) is 4.79. The lowest BCUT2D eigenvalue weighted by molar-refractivity contribution is 0.0391. The van der Waals surface area contributed by atoms with E-state index in [1.165, 1.54) is 12.8 Å². The standard InChI is InChI=1S/C22H33Cl2N3O3S/c1-2-16-31(29,30)27-14-12-26(13-15-27)22(10-5-3-4-6-11-22)17-25-21(28)20-18(23)8-7-9-19(20)24/h7-9H,2-6,10-17H2,1H3,(H,25,28). The lowest BCUT2D eigenvalue weighted by Gasteiger charge is -2.47. The minimum Gasteiger partial charge on any atom is -0.350 e. The quantitative estimate of drug-likeness (QED) is 0.583. The lowest BCUT2D eigenvalue weighted by Crippen LogP contribution is -2.61. The Balaban J connectivity index is 1.72. The van der Waals surface area contributed by atoms with Crippen molar-refractivity contribution in [1.82, 2.24) is 14.5 Å². The maximum Gasteiger partial charge on any atom is 0.254 e. The predicted octanol–water partition coefficient (Wildman–Crippen LogP) is 4.17. The third-order valence-corrected chi connectivity index (χ3v) is 9.27. The number of benzene rings is 1. The molecule has 1 aromatic rings. The summed E-state index contributed by atoms with van der Waals surface area (Å²) in [6.07, 6.45) is 7.21. The molecular weight excluding hydrogens is 457 g/mol. The fraction of sp³-hybridized carbons (Fsp3) is 0.682. The number of hydrogen-bond donors (Lipinski definition) is 1. The van der Waals surface area contributed by atoms with Crippen LogP contribution in [0.3, 0.4) is 0 Å². The summed E-state index contributed by atoms with van der Waals surface area (Å²) < 4.78 is 26.6. The van der Waals surface area contributed by atoms with Crippen molar-refractivity contribution < 1.29 is 13.2 Å². The smallest absolute Gasteiger partial charge is 0.254 e. The van der Waals surface area contributed by atoms with Gasteiger partial charge in [-0.3, -0.25) is 9.69 Å². The number of carbonyl (C=O) groups excluding carboxylic acids is 1. The van der Waals surface area contributed by atoms with Gasteiger partial charge in [0.25, 0.3) is 5.91 Å². The number of nitrogens with zero attached hydrogens (tertiary/aromatic N) is 2. The van der Waals surface area contributed by atoms with Crippen LogP contribution in [0.1, 0.15) is 62.2 Å². The molecule has 1 saturated carbocycles. The first kappa shape index (κ1) is 24.8. The third kappa shape index (κ3) is 5.93. The summed E-state index contributed by atoms with van der Waals surface area (Å²) >= 11 is 12.4. The molecule has 3 rings (SSSR count). The molecule has 1 N–H and O–H groups in total. The summed E-state index contributed by atoms with van der Waals surface area (Å²) in [5, 5.41) is 3.78. The summed E-state index contributed by atoms with van der Waals surface area (Å²) in [5.74, 6) is -0.0596. The van der Waals surface area contributed by atoms with Crippen LogP contribution in [0.15, 0.2) is 18.2 Å². The molecule has 31 heavy (non-hydrogen) atoms. The monoisotopic (exact) mass is 489 g/mol. The second kappa shape index (κ2) is 10.8. The number of sulfonamides is 1. The molecule has 0 spiro atoms. The van der Waals surface area contributed by atoms with Crippen LogP contribution >= 0.6 is 23.2 Å². The van der Waals surface area contributed by atoms with Crippen LogP contribution in [-0.4, -0.2) is 67.5 Å². The van der Waals surface area contributed by atoms with E-state index in [0.717, 1.165) is 25.7 Å². The van der Waals surface area contributed by atoms with Gasteiger partial charge in [-0.2, -0.15) is 4.31 Å². The normalized spacial score (nSPS) is 20.9. The highest BCUT2D eigenvalue weighted by atomic mass is 35.5. The van der Waals surface area contributed by atoms with E-state index in [-0.39, 0.29) is 17.2 Å². The summed E-state index contributed by atoms with van der Waals surface area (Å²) in [4.78, 5) is 15.3. The van der Waals surface area contributed by atoms with Gasteiger partial charge >= 0.3 is 0 Å². The van der Waals surface area contributed by atoms with Crippen LogP contribution in [-0.2, 0) is 10.0 Å². The number of nitrogens with one attached hydrogen (secondary N) is 1. The average molecular weight is 490 g/mol. The Morgan fingerprint density at radius 1 is 1.03 bits per heavy atom. The number of hydrogen-bond acceptors (Lipinski definition) is 4. The Kier molecular flexibility index (Phi) is 8.66. The molecule has 0 aromatic heterocycles. The highest BCUT2D eigenvalue weighted by Gasteiger charge is 2.40. The van der Waals surface area contributed by atoms with Gasteiger partial charge in [0.1, 0.15) is 0 Å². The van der Waals surface area contributed by atoms with E-state index in [9.17, 15) is 13.2 Å². The van der Waals surface area contributed by atoms with Crippen molar-refractivity contribution in [1.29, 1.82) is 0 Å². The van der Waals surface area contributed by atoms with Crippen molar-refractivity contribution in [3.8, 4) is 0 Å². The van der Waals surface area contributed by atoms with Crippen LogP contribution in [0.5, 0.6) is 0 Å². The number of piperazine rings is 1. The van der Waals surface area contributed by atoms with Crippen molar-refractivity contribution in [3.63, 3.8) is 0 Å². The minimum absolute atomic E-state index is 0.166. The van der Waals surface area contributed by atoms with Crippen LogP contribution in [0.2, 0.25) is 10.0 Å². The molecule has 174 valence electrons. The van der Waals surface area contributed by atoms with Crippen LogP contribution in [0, 0.1) is 0 Å². The van der Waals surface area contributed by atoms with Gasteiger partial charge in [0, 0.05) is 38.3 Å². The van der Waals surface area contributed by atoms with Gasteiger partial charge in [-0.15, -0.1) is 0 Å². The highest BCUT2D eigenvalue weighted by Crippen LogP contribution is 2.34. The van der Waals surface area contributed by atoms with Crippen LogP contribution in [0.25, 0.3) is 0 Å². The largest absolute Gasteiger partial charge is 0.350 e. The van der Waals surface area contributed by atoms with E-state index in [4.69, 9.17) is 23.2 Å². The minimum atomic E-state index is -3.18. The fourth-order valence-electron chi connectivity index (χ4n) is 4.87. The van der Waals surface area contributed by atoms with Crippen LogP contribution < -0.4 is 5.32 Å². The first-order chi connectivity index (χ1) is 14.8. The van der Waals surface area contributed by atoms with Crippen molar-refractivity contribution in [2.24, 2.45) is 0 Å². The van der Waals surface area contributed by atoms with Crippen molar-refractivity contribution in [2.75, 3.05) is 38.5 Å². The molecule has 0 unspecified atom stereocenters. The van der Waals surface area contributed by atoms with Crippen molar-refractivity contribution >= 4 is 39.1 Å². The SMILES string of the molecule is CCCS(=O)(=O)N1CCN(C2(CNC(=O)c3c(Cl)cccc3Cl)CCCCCC2)CC1. The first-order valence-electron chi connectivity index (χ1n) is 11.2. The van der Waals surface area contributed by atoms with E-state index in [2.05, 4.69) is 10.2 Å². The Labute approximate surface area is 196 Å². The zero-order valence-corrected chi connectivity index (χ0v) is 20.5. The van der Waals surface area contributed by atoms with Gasteiger partial charge < -0.3 is 5.32 Å². The highest BCUT2D eigenvalue weighted by molar-refractivity contribution is 7.89. The Bertz CT molecular complexity index is 843. The van der Waals surface area contributed by atoms with Crippen LogP contribution in [0.4, 0.5) is 0 Å². The second-order valence-corrected chi connectivity index (χ2v) is 11.5. The fourth-order valence-corrected chi connectivity index (χ4v) is 6.93. The Morgan fingerprint density at radius 3 is 2.16 bits per heavy atom. The van der Waals surface area contributed by atoms with E-state index < -0.39 is 10.0 Å². The summed E-state index contributed by atoms with van der Waals surface area (Å²) in [6, 6.07) is 5.06. The maximum atomic E-state index is 12.9.